The van der Waals surface area contributed by atoms with Gasteiger partial charge >= 0.3 is 0 Å². The van der Waals surface area contributed by atoms with Crippen LogP contribution in [0.5, 0.6) is 0 Å². The first-order chi connectivity index (χ1) is 12.8. The van der Waals surface area contributed by atoms with Crippen LogP contribution in [0.2, 0.25) is 0 Å². The van der Waals surface area contributed by atoms with Gasteiger partial charge in [0.05, 0.1) is 12.1 Å². The highest BCUT2D eigenvalue weighted by atomic mass is 16.3. The minimum Gasteiger partial charge on any atom is -0.388 e. The van der Waals surface area contributed by atoms with Crippen LogP contribution in [0.1, 0.15) is 41.7 Å². The summed E-state index contributed by atoms with van der Waals surface area (Å²) in [6.07, 6.45) is 5.34. The van der Waals surface area contributed by atoms with E-state index in [9.17, 15) is 5.11 Å². The Morgan fingerprint density at radius 2 is 1.35 bits per heavy atom. The predicted octanol–water partition coefficient (Wildman–Crippen LogP) is 4.27. The molecule has 1 fully saturated rings. The SMILES string of the molecule is OC(c1ccccc1)C1(CNC(c2ccccc2)c2ccncc2)CC1. The van der Waals surface area contributed by atoms with Gasteiger partial charge in [-0.2, -0.15) is 0 Å². The van der Waals surface area contributed by atoms with Crippen molar-refractivity contribution in [1.29, 1.82) is 0 Å². The zero-order chi connectivity index (χ0) is 17.8. The van der Waals surface area contributed by atoms with E-state index in [1.54, 1.807) is 0 Å². The molecule has 4 rings (SSSR count). The molecule has 2 unspecified atom stereocenters. The summed E-state index contributed by atoms with van der Waals surface area (Å²) in [5.41, 5.74) is 3.35. The molecule has 1 heterocycles. The summed E-state index contributed by atoms with van der Waals surface area (Å²) in [6.45, 7) is 0.783. The van der Waals surface area contributed by atoms with Crippen molar-refractivity contribution in [3.63, 3.8) is 0 Å². The van der Waals surface area contributed by atoms with Gasteiger partial charge in [-0.1, -0.05) is 60.7 Å². The number of hydrogen-bond donors (Lipinski definition) is 2. The van der Waals surface area contributed by atoms with E-state index >= 15 is 0 Å². The number of benzene rings is 2. The number of aliphatic hydroxyl groups is 1. The average Bonchev–Trinajstić information content (AvgIpc) is 3.51. The molecule has 1 saturated carbocycles. The molecule has 3 heteroatoms. The van der Waals surface area contributed by atoms with E-state index in [2.05, 4.69) is 46.7 Å². The molecule has 3 nitrogen and oxygen atoms in total. The van der Waals surface area contributed by atoms with E-state index in [1.807, 2.05) is 48.8 Å². The van der Waals surface area contributed by atoms with Gasteiger partial charge in [0.15, 0.2) is 0 Å². The Hall–Kier alpha value is -2.49. The Morgan fingerprint density at radius 1 is 0.808 bits per heavy atom. The van der Waals surface area contributed by atoms with Crippen LogP contribution in [0.3, 0.4) is 0 Å². The van der Waals surface area contributed by atoms with Gasteiger partial charge in [-0.05, 0) is 41.7 Å². The zero-order valence-electron chi connectivity index (χ0n) is 14.8. The van der Waals surface area contributed by atoms with Crippen molar-refractivity contribution in [2.45, 2.75) is 25.0 Å². The molecular formula is C23H24N2O. The highest BCUT2D eigenvalue weighted by Crippen LogP contribution is 2.54. The van der Waals surface area contributed by atoms with Gasteiger partial charge in [-0.15, -0.1) is 0 Å². The van der Waals surface area contributed by atoms with Crippen molar-refractivity contribution < 1.29 is 5.11 Å². The molecule has 0 saturated heterocycles. The molecule has 0 bridgehead atoms. The van der Waals surface area contributed by atoms with Gasteiger partial charge in [0.25, 0.3) is 0 Å². The highest BCUT2D eigenvalue weighted by molar-refractivity contribution is 5.31. The van der Waals surface area contributed by atoms with E-state index < -0.39 is 6.10 Å². The van der Waals surface area contributed by atoms with Crippen LogP contribution >= 0.6 is 0 Å². The van der Waals surface area contributed by atoms with Crippen LogP contribution < -0.4 is 5.32 Å². The summed E-state index contributed by atoms with van der Waals surface area (Å²) in [7, 11) is 0. The molecule has 2 N–H and O–H groups in total. The number of aliphatic hydroxyl groups excluding tert-OH is 1. The van der Waals surface area contributed by atoms with Gasteiger partial charge in [-0.3, -0.25) is 4.98 Å². The van der Waals surface area contributed by atoms with Crippen molar-refractivity contribution >= 4 is 0 Å². The maximum atomic E-state index is 10.9. The molecule has 1 aliphatic rings. The van der Waals surface area contributed by atoms with Gasteiger partial charge in [0.2, 0.25) is 0 Å². The van der Waals surface area contributed by atoms with Gasteiger partial charge in [-0.25, -0.2) is 0 Å². The van der Waals surface area contributed by atoms with Crippen LogP contribution in [-0.4, -0.2) is 16.6 Å². The second-order valence-corrected chi connectivity index (χ2v) is 7.18. The molecule has 0 aliphatic heterocycles. The number of nitrogens with one attached hydrogen (secondary N) is 1. The topological polar surface area (TPSA) is 45.1 Å². The van der Waals surface area contributed by atoms with E-state index in [4.69, 9.17) is 0 Å². The summed E-state index contributed by atoms with van der Waals surface area (Å²) in [5, 5.41) is 14.6. The third kappa shape index (κ3) is 3.55. The molecule has 0 radical (unpaired) electrons. The van der Waals surface area contributed by atoms with Crippen LogP contribution in [0.15, 0.2) is 85.2 Å². The number of nitrogens with zero attached hydrogens (tertiary/aromatic N) is 1. The molecule has 1 aromatic heterocycles. The normalized spacial score (nSPS) is 17.4. The van der Waals surface area contributed by atoms with E-state index in [1.165, 1.54) is 11.1 Å². The Morgan fingerprint density at radius 3 is 1.92 bits per heavy atom. The minimum atomic E-state index is -0.426. The number of hydrogen-bond acceptors (Lipinski definition) is 3. The molecule has 26 heavy (non-hydrogen) atoms. The summed E-state index contributed by atoms with van der Waals surface area (Å²) in [5.74, 6) is 0. The zero-order valence-corrected chi connectivity index (χ0v) is 14.8. The molecule has 1 aliphatic carbocycles. The van der Waals surface area contributed by atoms with E-state index in [-0.39, 0.29) is 11.5 Å². The first-order valence-electron chi connectivity index (χ1n) is 9.20. The minimum absolute atomic E-state index is 0.0680. The lowest BCUT2D eigenvalue weighted by Crippen LogP contribution is -2.32. The Bertz CT molecular complexity index is 777. The average molecular weight is 344 g/mol. The first kappa shape index (κ1) is 17.0. The van der Waals surface area contributed by atoms with Crippen molar-refractivity contribution in [3.05, 3.63) is 102 Å². The Labute approximate surface area is 154 Å². The maximum Gasteiger partial charge on any atom is 0.0858 e. The van der Waals surface area contributed by atoms with E-state index in [0.717, 1.165) is 24.9 Å². The second kappa shape index (κ2) is 7.40. The summed E-state index contributed by atoms with van der Waals surface area (Å²) in [4.78, 5) is 4.14. The molecule has 2 atom stereocenters. The van der Waals surface area contributed by atoms with Crippen molar-refractivity contribution in [3.8, 4) is 0 Å². The number of pyridine rings is 1. The van der Waals surface area contributed by atoms with Crippen LogP contribution in [-0.2, 0) is 0 Å². The van der Waals surface area contributed by atoms with Crippen LogP contribution in [0.4, 0.5) is 0 Å². The third-order valence-electron chi connectivity index (χ3n) is 5.42. The van der Waals surface area contributed by atoms with Crippen molar-refractivity contribution in [2.75, 3.05) is 6.54 Å². The standard InChI is InChI=1S/C23H24N2O/c26-22(20-9-5-2-6-10-20)23(13-14-23)17-25-21(18-7-3-1-4-8-18)19-11-15-24-16-12-19/h1-12,15-16,21-22,25-26H,13-14,17H2. The van der Waals surface area contributed by atoms with E-state index in [0.29, 0.717) is 0 Å². The smallest absolute Gasteiger partial charge is 0.0858 e. The Kier molecular flexibility index (Phi) is 4.83. The van der Waals surface area contributed by atoms with Crippen LogP contribution in [0.25, 0.3) is 0 Å². The first-order valence-corrected chi connectivity index (χ1v) is 9.20. The molecule has 0 amide bonds. The van der Waals surface area contributed by atoms with Gasteiger partial charge in [0, 0.05) is 24.4 Å². The summed E-state index contributed by atoms with van der Waals surface area (Å²) < 4.78 is 0. The lowest BCUT2D eigenvalue weighted by molar-refractivity contribution is 0.0907. The van der Waals surface area contributed by atoms with Gasteiger partial charge < -0.3 is 10.4 Å². The maximum absolute atomic E-state index is 10.9. The fraction of sp³-hybridized carbons (Fsp3) is 0.261. The number of aromatic nitrogens is 1. The largest absolute Gasteiger partial charge is 0.388 e. The Balaban J connectivity index is 1.54. The number of rotatable bonds is 7. The highest BCUT2D eigenvalue weighted by Gasteiger charge is 2.49. The fourth-order valence-electron chi connectivity index (χ4n) is 3.63. The lowest BCUT2D eigenvalue weighted by Gasteiger charge is -2.27. The third-order valence-corrected chi connectivity index (χ3v) is 5.42. The quantitative estimate of drug-likeness (QED) is 0.673. The summed E-state index contributed by atoms with van der Waals surface area (Å²) >= 11 is 0. The fourth-order valence-corrected chi connectivity index (χ4v) is 3.63. The lowest BCUT2D eigenvalue weighted by atomic mass is 9.91. The molecular weight excluding hydrogens is 320 g/mol. The molecule has 0 spiro atoms. The molecule has 132 valence electrons. The molecule has 2 aromatic carbocycles. The molecule has 3 aromatic rings. The predicted molar refractivity (Wildman–Crippen MR) is 104 cm³/mol. The van der Waals surface area contributed by atoms with Crippen LogP contribution in [0, 0.1) is 5.41 Å². The summed E-state index contributed by atoms with van der Waals surface area (Å²) in [6, 6.07) is 24.7. The van der Waals surface area contributed by atoms with Gasteiger partial charge in [0.1, 0.15) is 0 Å². The van der Waals surface area contributed by atoms with Crippen molar-refractivity contribution in [2.24, 2.45) is 5.41 Å². The second-order valence-electron chi connectivity index (χ2n) is 7.18. The van der Waals surface area contributed by atoms with Crippen molar-refractivity contribution in [1.82, 2.24) is 10.3 Å². The monoisotopic (exact) mass is 344 g/mol.